The molecule has 8 heteroatoms. The molecule has 0 fully saturated rings. The minimum atomic E-state index is -4.56. The Morgan fingerprint density at radius 3 is 2.53 bits per heavy atom. The van der Waals surface area contributed by atoms with E-state index in [0.29, 0.717) is 30.6 Å². The van der Waals surface area contributed by atoms with E-state index in [0.717, 1.165) is 36.5 Å². The van der Waals surface area contributed by atoms with Crippen molar-refractivity contribution < 1.29 is 32.5 Å². The van der Waals surface area contributed by atoms with E-state index in [1.807, 2.05) is 31.2 Å². The molecule has 0 aliphatic carbocycles. The Morgan fingerprint density at radius 1 is 1.00 bits per heavy atom. The van der Waals surface area contributed by atoms with Crippen LogP contribution in [0.4, 0.5) is 13.2 Å². The van der Waals surface area contributed by atoms with Crippen LogP contribution in [0.5, 0.6) is 11.5 Å². The summed E-state index contributed by atoms with van der Waals surface area (Å²) in [6.07, 6.45) is -0.821. The first-order chi connectivity index (χ1) is 16.3. The lowest BCUT2D eigenvalue weighted by Crippen LogP contribution is -2.09. The first-order valence-corrected chi connectivity index (χ1v) is 11.3. The SMILES string of the molecule is CCCCOc1cc(C(F)(F)F)nc2ccc(COc3ccccc3CCCCC(=O)O)cc12. The second-order valence-electron chi connectivity index (χ2n) is 8.05. The predicted octanol–water partition coefficient (Wildman–Crippen LogP) is 6.81. The Labute approximate surface area is 196 Å². The summed E-state index contributed by atoms with van der Waals surface area (Å²) < 4.78 is 51.6. The van der Waals surface area contributed by atoms with E-state index in [2.05, 4.69) is 4.98 Å². The normalized spacial score (nSPS) is 11.5. The minimum absolute atomic E-state index is 0.132. The van der Waals surface area contributed by atoms with Gasteiger partial charge in [-0.05, 0) is 55.0 Å². The molecule has 0 aliphatic heterocycles. The van der Waals surface area contributed by atoms with Crippen LogP contribution < -0.4 is 9.47 Å². The van der Waals surface area contributed by atoms with Crippen molar-refractivity contribution in [2.75, 3.05) is 6.61 Å². The number of unbranched alkanes of at least 4 members (excludes halogenated alkanes) is 2. The van der Waals surface area contributed by atoms with Crippen molar-refractivity contribution in [3.05, 3.63) is 65.4 Å². The van der Waals surface area contributed by atoms with Gasteiger partial charge in [-0.15, -0.1) is 0 Å². The highest BCUT2D eigenvalue weighted by atomic mass is 19.4. The third-order valence-corrected chi connectivity index (χ3v) is 5.33. The van der Waals surface area contributed by atoms with Crippen LogP contribution >= 0.6 is 0 Å². The average molecular weight is 476 g/mol. The maximum atomic E-state index is 13.3. The number of para-hydroxylation sites is 1. The number of alkyl halides is 3. The first-order valence-electron chi connectivity index (χ1n) is 11.3. The number of carbonyl (C=O) groups is 1. The van der Waals surface area contributed by atoms with E-state index in [-0.39, 0.29) is 24.3 Å². The van der Waals surface area contributed by atoms with Gasteiger partial charge in [0.15, 0.2) is 0 Å². The van der Waals surface area contributed by atoms with Gasteiger partial charge in [-0.3, -0.25) is 4.79 Å². The summed E-state index contributed by atoms with van der Waals surface area (Å²) in [6.45, 7) is 2.52. The molecule has 2 aromatic carbocycles. The fourth-order valence-electron chi connectivity index (χ4n) is 3.53. The molecule has 182 valence electrons. The predicted molar refractivity (Wildman–Crippen MR) is 123 cm³/mol. The molecule has 0 spiro atoms. The maximum absolute atomic E-state index is 13.3. The summed E-state index contributed by atoms with van der Waals surface area (Å²) in [6, 6.07) is 13.5. The highest BCUT2D eigenvalue weighted by Gasteiger charge is 2.33. The standard InChI is InChI=1S/C26H28F3NO4/c1-2-3-14-33-23-16-24(26(27,28)29)30-21-13-12-18(15-20(21)23)17-34-22-10-6-4-8-19(22)9-5-7-11-25(31)32/h4,6,8,10,12-13,15-16H,2-3,5,7,9,11,14,17H2,1H3,(H,31,32). The van der Waals surface area contributed by atoms with Gasteiger partial charge in [0.05, 0.1) is 12.1 Å². The fourth-order valence-corrected chi connectivity index (χ4v) is 3.53. The zero-order chi connectivity index (χ0) is 24.6. The van der Waals surface area contributed by atoms with Crippen LogP contribution in [-0.2, 0) is 24.0 Å². The number of ether oxygens (including phenoxy) is 2. The molecule has 34 heavy (non-hydrogen) atoms. The lowest BCUT2D eigenvalue weighted by atomic mass is 10.1. The van der Waals surface area contributed by atoms with Crippen molar-refractivity contribution >= 4 is 16.9 Å². The lowest BCUT2D eigenvalue weighted by molar-refractivity contribution is -0.141. The van der Waals surface area contributed by atoms with Crippen LogP contribution in [0.2, 0.25) is 0 Å². The second-order valence-corrected chi connectivity index (χ2v) is 8.05. The van der Waals surface area contributed by atoms with E-state index in [9.17, 15) is 18.0 Å². The first kappa shape index (κ1) is 25.3. The van der Waals surface area contributed by atoms with E-state index >= 15 is 0 Å². The molecule has 1 aromatic heterocycles. The number of nitrogens with zero attached hydrogens (tertiary/aromatic N) is 1. The van der Waals surface area contributed by atoms with Crippen molar-refractivity contribution in [2.24, 2.45) is 0 Å². The third kappa shape index (κ3) is 7.10. The molecule has 0 saturated carbocycles. The number of aliphatic carboxylic acids is 1. The molecular weight excluding hydrogens is 447 g/mol. The quantitative estimate of drug-likeness (QED) is 0.292. The van der Waals surface area contributed by atoms with Gasteiger partial charge in [0.1, 0.15) is 23.8 Å². The highest BCUT2D eigenvalue weighted by molar-refractivity contribution is 5.86. The number of aryl methyl sites for hydroxylation is 1. The van der Waals surface area contributed by atoms with Crippen molar-refractivity contribution in [3.8, 4) is 11.5 Å². The van der Waals surface area contributed by atoms with Gasteiger partial charge < -0.3 is 14.6 Å². The third-order valence-electron chi connectivity index (χ3n) is 5.33. The van der Waals surface area contributed by atoms with Crippen LogP contribution in [0, 0.1) is 0 Å². The Hall–Kier alpha value is -3.29. The van der Waals surface area contributed by atoms with Gasteiger partial charge in [-0.1, -0.05) is 37.6 Å². The van der Waals surface area contributed by atoms with Crippen LogP contribution in [-0.4, -0.2) is 22.7 Å². The maximum Gasteiger partial charge on any atom is 0.433 e. The Kier molecular flexibility index (Phi) is 8.73. The van der Waals surface area contributed by atoms with Crippen LogP contribution in [0.15, 0.2) is 48.5 Å². The number of hydrogen-bond acceptors (Lipinski definition) is 4. The number of aromatic nitrogens is 1. The average Bonchev–Trinajstić information content (AvgIpc) is 2.80. The van der Waals surface area contributed by atoms with Crippen LogP contribution in [0.3, 0.4) is 0 Å². The van der Waals surface area contributed by atoms with Crippen molar-refractivity contribution in [3.63, 3.8) is 0 Å². The topological polar surface area (TPSA) is 68.7 Å². The molecule has 0 aliphatic rings. The van der Waals surface area contributed by atoms with Gasteiger partial charge >= 0.3 is 12.1 Å². The van der Waals surface area contributed by atoms with E-state index in [1.165, 1.54) is 0 Å². The summed E-state index contributed by atoms with van der Waals surface area (Å²) in [4.78, 5) is 14.5. The number of hydrogen-bond donors (Lipinski definition) is 1. The number of rotatable bonds is 12. The number of halogens is 3. The summed E-state index contributed by atoms with van der Waals surface area (Å²) >= 11 is 0. The number of carboxylic acid groups (broad SMARTS) is 1. The van der Waals surface area contributed by atoms with Gasteiger partial charge in [-0.2, -0.15) is 13.2 Å². The zero-order valence-corrected chi connectivity index (χ0v) is 19.0. The largest absolute Gasteiger partial charge is 0.493 e. The smallest absolute Gasteiger partial charge is 0.433 e. The number of fused-ring (bicyclic) bond motifs is 1. The molecule has 1 N–H and O–H groups in total. The number of carboxylic acids is 1. The lowest BCUT2D eigenvalue weighted by Gasteiger charge is -2.15. The van der Waals surface area contributed by atoms with Crippen molar-refractivity contribution in [1.82, 2.24) is 4.98 Å². The van der Waals surface area contributed by atoms with Crippen molar-refractivity contribution in [1.29, 1.82) is 0 Å². The minimum Gasteiger partial charge on any atom is -0.493 e. The Bertz CT molecular complexity index is 1110. The zero-order valence-electron chi connectivity index (χ0n) is 19.0. The van der Waals surface area contributed by atoms with E-state index in [1.54, 1.807) is 18.2 Å². The van der Waals surface area contributed by atoms with Crippen LogP contribution in [0.1, 0.15) is 55.8 Å². The van der Waals surface area contributed by atoms with E-state index < -0.39 is 17.8 Å². The highest BCUT2D eigenvalue weighted by Crippen LogP contribution is 2.35. The monoisotopic (exact) mass is 475 g/mol. The Morgan fingerprint density at radius 2 is 1.79 bits per heavy atom. The summed E-state index contributed by atoms with van der Waals surface area (Å²) in [5.41, 5.74) is 0.986. The van der Waals surface area contributed by atoms with E-state index in [4.69, 9.17) is 14.6 Å². The summed E-state index contributed by atoms with van der Waals surface area (Å²) in [5, 5.41) is 9.30. The number of pyridine rings is 1. The summed E-state index contributed by atoms with van der Waals surface area (Å²) in [5.74, 6) is 0.0464. The van der Waals surface area contributed by atoms with Crippen molar-refractivity contribution in [2.45, 2.75) is 58.2 Å². The molecule has 0 atom stereocenters. The van der Waals surface area contributed by atoms with Crippen LogP contribution in [0.25, 0.3) is 10.9 Å². The molecule has 0 bridgehead atoms. The number of benzene rings is 2. The molecular formula is C26H28F3NO4. The van der Waals surface area contributed by atoms with Gasteiger partial charge in [0.2, 0.25) is 0 Å². The molecule has 0 unspecified atom stereocenters. The molecule has 3 aromatic rings. The second kappa shape index (κ2) is 11.7. The molecule has 5 nitrogen and oxygen atoms in total. The van der Waals surface area contributed by atoms with Gasteiger partial charge in [-0.25, -0.2) is 4.98 Å². The van der Waals surface area contributed by atoms with Gasteiger partial charge in [0.25, 0.3) is 0 Å². The summed E-state index contributed by atoms with van der Waals surface area (Å²) in [7, 11) is 0. The Balaban J connectivity index is 1.78. The fraction of sp³-hybridized carbons (Fsp3) is 0.385. The molecule has 3 rings (SSSR count). The molecule has 1 heterocycles. The molecule has 0 amide bonds. The van der Waals surface area contributed by atoms with Gasteiger partial charge in [0, 0.05) is 17.9 Å². The molecule has 0 saturated heterocycles. The molecule has 0 radical (unpaired) electrons.